The van der Waals surface area contributed by atoms with Gasteiger partial charge in [-0.05, 0) is 54.1 Å². The summed E-state index contributed by atoms with van der Waals surface area (Å²) in [5, 5.41) is 12.8. The Labute approximate surface area is 165 Å². The van der Waals surface area contributed by atoms with Gasteiger partial charge in [-0.1, -0.05) is 11.8 Å². The van der Waals surface area contributed by atoms with Crippen molar-refractivity contribution in [1.82, 2.24) is 5.32 Å². The van der Waals surface area contributed by atoms with Crippen LogP contribution in [0.3, 0.4) is 0 Å². The number of hydrogen-bond donors (Lipinski definition) is 2. The zero-order valence-corrected chi connectivity index (χ0v) is 15.7. The predicted molar refractivity (Wildman–Crippen MR) is 107 cm³/mol. The molecule has 1 fully saturated rings. The van der Waals surface area contributed by atoms with Gasteiger partial charge >= 0.3 is 0 Å². The SMILES string of the molecule is COc1ccc(C=NN=C2NC(=O)CC(C(=O)Nc3ccc(F)cc3)S2)cc1. The molecule has 2 aromatic rings. The third-order valence-electron chi connectivity index (χ3n) is 3.75. The van der Waals surface area contributed by atoms with E-state index in [1.807, 2.05) is 12.1 Å². The molecular weight excluding hydrogens is 383 g/mol. The molecule has 1 saturated heterocycles. The maximum atomic E-state index is 13.0. The van der Waals surface area contributed by atoms with E-state index < -0.39 is 11.1 Å². The number of methoxy groups -OCH3 is 1. The molecule has 0 bridgehead atoms. The summed E-state index contributed by atoms with van der Waals surface area (Å²) in [6, 6.07) is 12.6. The topological polar surface area (TPSA) is 92.2 Å². The van der Waals surface area contributed by atoms with Crippen LogP contribution in [0.2, 0.25) is 0 Å². The molecule has 1 atom stereocenters. The fourth-order valence-corrected chi connectivity index (χ4v) is 3.27. The highest BCUT2D eigenvalue weighted by atomic mass is 32.2. The van der Waals surface area contributed by atoms with Crippen LogP contribution in [0.15, 0.2) is 58.7 Å². The molecule has 1 heterocycles. The third-order valence-corrected chi connectivity index (χ3v) is 4.82. The van der Waals surface area contributed by atoms with Crippen molar-refractivity contribution >= 4 is 40.6 Å². The van der Waals surface area contributed by atoms with Gasteiger partial charge in [-0.2, -0.15) is 5.10 Å². The Morgan fingerprint density at radius 2 is 1.96 bits per heavy atom. The van der Waals surface area contributed by atoms with Crippen LogP contribution in [0.4, 0.5) is 10.1 Å². The molecule has 1 unspecified atom stereocenters. The van der Waals surface area contributed by atoms with E-state index in [0.29, 0.717) is 5.69 Å². The van der Waals surface area contributed by atoms with Crippen LogP contribution in [0.5, 0.6) is 5.75 Å². The number of ether oxygens (including phenoxy) is 1. The average molecular weight is 400 g/mol. The predicted octanol–water partition coefficient (Wildman–Crippen LogP) is 2.78. The van der Waals surface area contributed by atoms with Crippen LogP contribution in [-0.4, -0.2) is 35.6 Å². The summed E-state index contributed by atoms with van der Waals surface area (Å²) >= 11 is 1.11. The molecule has 1 aliphatic heterocycles. The highest BCUT2D eigenvalue weighted by Crippen LogP contribution is 2.22. The second-order valence-corrected chi connectivity index (χ2v) is 6.97. The van der Waals surface area contributed by atoms with Gasteiger partial charge in [0.1, 0.15) is 16.8 Å². The maximum absolute atomic E-state index is 13.0. The number of rotatable bonds is 5. The summed E-state index contributed by atoms with van der Waals surface area (Å²) in [6.07, 6.45) is 1.54. The van der Waals surface area contributed by atoms with Crippen LogP contribution < -0.4 is 15.4 Å². The fraction of sp³-hybridized carbons (Fsp3) is 0.158. The van der Waals surface area contributed by atoms with Gasteiger partial charge in [-0.3, -0.25) is 9.59 Å². The first kappa shape index (κ1) is 19.6. The second kappa shape index (κ2) is 9.14. The Bertz CT molecular complexity index is 914. The molecule has 0 radical (unpaired) electrons. The zero-order valence-electron chi connectivity index (χ0n) is 14.9. The summed E-state index contributed by atoms with van der Waals surface area (Å²) in [6.45, 7) is 0. The number of nitrogens with zero attached hydrogens (tertiary/aromatic N) is 2. The van der Waals surface area contributed by atoms with Crippen molar-refractivity contribution in [3.8, 4) is 5.75 Å². The lowest BCUT2D eigenvalue weighted by atomic mass is 10.2. The van der Waals surface area contributed by atoms with Gasteiger partial charge in [0.15, 0.2) is 5.17 Å². The number of carbonyl (C=O) groups excluding carboxylic acids is 2. The molecule has 0 aliphatic carbocycles. The zero-order chi connectivity index (χ0) is 19.9. The van der Waals surface area contributed by atoms with Crippen molar-refractivity contribution in [3.63, 3.8) is 0 Å². The van der Waals surface area contributed by atoms with Crippen molar-refractivity contribution in [2.75, 3.05) is 12.4 Å². The van der Waals surface area contributed by atoms with Gasteiger partial charge in [-0.25, -0.2) is 4.39 Å². The van der Waals surface area contributed by atoms with E-state index in [1.165, 1.54) is 30.5 Å². The van der Waals surface area contributed by atoms with E-state index in [9.17, 15) is 14.0 Å². The lowest BCUT2D eigenvalue weighted by molar-refractivity contribution is -0.123. The second-order valence-electron chi connectivity index (χ2n) is 5.78. The van der Waals surface area contributed by atoms with Crippen LogP contribution in [0.1, 0.15) is 12.0 Å². The number of amidine groups is 1. The quantitative estimate of drug-likeness (QED) is 0.596. The van der Waals surface area contributed by atoms with Gasteiger partial charge in [0, 0.05) is 12.1 Å². The van der Waals surface area contributed by atoms with E-state index in [1.54, 1.807) is 19.2 Å². The minimum absolute atomic E-state index is 0.0128. The summed E-state index contributed by atoms with van der Waals surface area (Å²) in [5.74, 6) is -0.350. The molecule has 144 valence electrons. The maximum Gasteiger partial charge on any atom is 0.238 e. The average Bonchev–Trinajstić information content (AvgIpc) is 2.70. The van der Waals surface area contributed by atoms with E-state index in [4.69, 9.17) is 4.74 Å². The van der Waals surface area contributed by atoms with E-state index in [0.717, 1.165) is 23.1 Å². The molecule has 1 aliphatic rings. The molecule has 0 spiro atoms. The fourth-order valence-electron chi connectivity index (χ4n) is 2.33. The molecule has 2 N–H and O–H groups in total. The molecule has 28 heavy (non-hydrogen) atoms. The highest BCUT2D eigenvalue weighted by Gasteiger charge is 2.30. The lowest BCUT2D eigenvalue weighted by Gasteiger charge is -2.21. The van der Waals surface area contributed by atoms with E-state index in [-0.39, 0.29) is 23.4 Å². The summed E-state index contributed by atoms with van der Waals surface area (Å²) in [4.78, 5) is 24.3. The lowest BCUT2D eigenvalue weighted by Crippen LogP contribution is -2.41. The van der Waals surface area contributed by atoms with Gasteiger partial charge < -0.3 is 15.4 Å². The molecule has 0 aromatic heterocycles. The monoisotopic (exact) mass is 400 g/mol. The van der Waals surface area contributed by atoms with Crippen molar-refractivity contribution < 1.29 is 18.7 Å². The van der Waals surface area contributed by atoms with Crippen LogP contribution in [0.25, 0.3) is 0 Å². The standard InChI is InChI=1S/C19H17FN4O3S/c1-27-15-8-2-12(3-9-15)11-21-24-19-23-17(25)10-16(28-19)18(26)22-14-6-4-13(20)5-7-14/h2-9,11,16H,10H2,1H3,(H,22,26)(H,23,24,25). The minimum Gasteiger partial charge on any atom is -0.497 e. The smallest absolute Gasteiger partial charge is 0.238 e. The summed E-state index contributed by atoms with van der Waals surface area (Å²) in [7, 11) is 1.58. The third kappa shape index (κ3) is 5.40. The van der Waals surface area contributed by atoms with Crippen molar-refractivity contribution in [2.24, 2.45) is 10.2 Å². The van der Waals surface area contributed by atoms with Gasteiger partial charge in [-0.15, -0.1) is 5.10 Å². The van der Waals surface area contributed by atoms with Gasteiger partial charge in [0.05, 0.1) is 13.3 Å². The molecule has 0 saturated carbocycles. The number of carbonyl (C=O) groups is 2. The summed E-state index contributed by atoms with van der Waals surface area (Å²) in [5.41, 5.74) is 1.26. The molecule has 9 heteroatoms. The number of amides is 2. The molecule has 3 rings (SSSR count). The summed E-state index contributed by atoms with van der Waals surface area (Å²) < 4.78 is 18.0. The number of thioether (sulfide) groups is 1. The first-order valence-electron chi connectivity index (χ1n) is 8.31. The number of halogens is 1. The Morgan fingerprint density at radius 3 is 2.64 bits per heavy atom. The molecule has 2 amide bonds. The molecule has 2 aromatic carbocycles. The first-order valence-corrected chi connectivity index (χ1v) is 9.19. The Balaban J connectivity index is 1.63. The molecule has 7 nitrogen and oxygen atoms in total. The number of nitrogens with one attached hydrogen (secondary N) is 2. The number of benzene rings is 2. The van der Waals surface area contributed by atoms with Crippen molar-refractivity contribution in [2.45, 2.75) is 11.7 Å². The van der Waals surface area contributed by atoms with Gasteiger partial charge in [0.2, 0.25) is 11.8 Å². The minimum atomic E-state index is -0.659. The first-order chi connectivity index (χ1) is 13.5. The van der Waals surface area contributed by atoms with Crippen molar-refractivity contribution in [3.05, 3.63) is 59.9 Å². The van der Waals surface area contributed by atoms with Crippen molar-refractivity contribution in [1.29, 1.82) is 0 Å². The molecular formula is C19H17FN4O3S. The van der Waals surface area contributed by atoms with Crippen LogP contribution >= 0.6 is 11.8 Å². The Morgan fingerprint density at radius 1 is 1.25 bits per heavy atom. The van der Waals surface area contributed by atoms with E-state index in [2.05, 4.69) is 20.8 Å². The normalized spacial score (nSPS) is 18.1. The van der Waals surface area contributed by atoms with Gasteiger partial charge in [0.25, 0.3) is 0 Å². The number of anilines is 1. The Hall–Kier alpha value is -3.20. The van der Waals surface area contributed by atoms with Crippen LogP contribution in [0, 0.1) is 5.82 Å². The largest absolute Gasteiger partial charge is 0.497 e. The van der Waals surface area contributed by atoms with Crippen LogP contribution in [-0.2, 0) is 9.59 Å². The Kier molecular flexibility index (Phi) is 6.38. The highest BCUT2D eigenvalue weighted by molar-refractivity contribution is 8.15. The van der Waals surface area contributed by atoms with E-state index >= 15 is 0 Å². The number of hydrogen-bond acceptors (Lipinski definition) is 6.